The number of nitrogens with one attached hydrogen (secondary N) is 8. The van der Waals surface area contributed by atoms with Crippen molar-refractivity contribution in [3.63, 3.8) is 0 Å². The molecule has 0 bridgehead atoms. The number of benzene rings is 3. The van der Waals surface area contributed by atoms with Crippen molar-refractivity contribution in [1.82, 2.24) is 42.2 Å². The summed E-state index contributed by atoms with van der Waals surface area (Å²) in [5.74, 6) is -6.80. The van der Waals surface area contributed by atoms with Gasteiger partial charge in [-0.15, -0.1) is 0 Å². The molecule has 69 heavy (non-hydrogen) atoms. The van der Waals surface area contributed by atoms with Crippen LogP contribution in [-0.4, -0.2) is 114 Å². The highest BCUT2D eigenvalue weighted by atomic mass is 32.3. The van der Waals surface area contributed by atoms with E-state index >= 15 is 0 Å². The lowest BCUT2D eigenvalue weighted by atomic mass is 10.0. The second-order valence-electron chi connectivity index (χ2n) is 16.2. The lowest BCUT2D eigenvalue weighted by Crippen LogP contribution is -2.58. The topological polar surface area (TPSA) is 320 Å². The summed E-state index contributed by atoms with van der Waals surface area (Å²) in [5, 5.41) is 28.1. The first-order valence-corrected chi connectivity index (χ1v) is 23.8. The lowest BCUT2D eigenvalue weighted by Gasteiger charge is -2.25. The van der Waals surface area contributed by atoms with Gasteiger partial charge in [0.05, 0.1) is 25.4 Å². The molecule has 0 unspecified atom stereocenters. The summed E-state index contributed by atoms with van der Waals surface area (Å²) in [5.41, 5.74) is 2.48. The number of unbranched alkanes of at least 4 members (excludes halogenated alkanes) is 2. The molecule has 10 N–H and O–H groups in total. The minimum atomic E-state index is -4.74. The molecule has 0 saturated carbocycles. The number of carbonyl (C=O) groups is 8. The molecule has 5 atom stereocenters. The fourth-order valence-corrected chi connectivity index (χ4v) is 7.59. The predicted molar refractivity (Wildman–Crippen MR) is 253 cm³/mol. The Morgan fingerprint density at radius 3 is 1.83 bits per heavy atom. The van der Waals surface area contributed by atoms with E-state index in [9.17, 15) is 51.9 Å². The number of carboxylic acids is 1. The quantitative estimate of drug-likeness (QED) is 0.0361. The van der Waals surface area contributed by atoms with Crippen molar-refractivity contribution in [3.05, 3.63) is 102 Å². The molecule has 0 aliphatic rings. The van der Waals surface area contributed by atoms with Crippen LogP contribution in [0, 0.1) is 0 Å². The van der Waals surface area contributed by atoms with Gasteiger partial charge in [0.2, 0.25) is 41.4 Å². The highest BCUT2D eigenvalue weighted by Gasteiger charge is 2.32. The average molecular weight is 977 g/mol. The van der Waals surface area contributed by atoms with E-state index in [1.165, 1.54) is 31.3 Å². The molecule has 0 fully saturated rings. The fourth-order valence-electron chi connectivity index (χ4n) is 7.23. The Morgan fingerprint density at radius 1 is 0.638 bits per heavy atom. The first-order chi connectivity index (χ1) is 32.9. The van der Waals surface area contributed by atoms with Gasteiger partial charge in [-0.3, -0.25) is 48.2 Å². The van der Waals surface area contributed by atoms with Crippen LogP contribution in [0.5, 0.6) is 5.75 Å². The van der Waals surface area contributed by atoms with Gasteiger partial charge in [0.1, 0.15) is 29.9 Å². The Hall–Kier alpha value is -7.17. The Kier molecular flexibility index (Phi) is 21.3. The maximum atomic E-state index is 14.2. The molecule has 0 aliphatic carbocycles. The van der Waals surface area contributed by atoms with Gasteiger partial charge >= 0.3 is 16.4 Å². The van der Waals surface area contributed by atoms with Gasteiger partial charge in [0, 0.05) is 29.9 Å². The molecule has 4 rings (SSSR count). The number of hydrogen-bond acceptors (Lipinski definition) is 12. The van der Waals surface area contributed by atoms with E-state index in [1.807, 2.05) is 32.0 Å². The molecule has 3 aromatic carbocycles. The normalized spacial score (nSPS) is 13.4. The molecule has 0 aliphatic heterocycles. The standard InChI is InChI=1S/C47H60N8O13S/c1-4-6-16-35(51-40(56)24-30-19-21-32(22-20-30)68-69(65,66)67)43(60)50-28-41(57)52-39(25-31-27-49-34-18-12-11-15-33(31)34)46(63)53-36(17-7-5-2)44(61)55-47(64)38(23-29-13-9-8-10-14-29)54-45(62)37(48-3)26-42(58)59/h8-15,18-22,27,35-39,48-49H,4-7,16-17,23-26,28H2,1-3H3,(H,50,60)(H,51,56)(H,52,57)(H,53,63)(H,54,62)(H,58,59)(H,55,61,64)(H,65,66,67)/t35-,36-,37-,38-,39-/m0/s1. The van der Waals surface area contributed by atoms with E-state index in [0.29, 0.717) is 42.4 Å². The second-order valence-corrected chi connectivity index (χ2v) is 17.3. The number of likely N-dealkylation sites (N-methyl/N-ethyl adjacent to an activating group) is 1. The summed E-state index contributed by atoms with van der Waals surface area (Å²) in [6, 6.07) is 15.0. The van der Waals surface area contributed by atoms with Crippen molar-refractivity contribution in [3.8, 4) is 5.75 Å². The fraction of sp³-hybridized carbons (Fsp3) is 0.404. The van der Waals surface area contributed by atoms with E-state index in [0.717, 1.165) is 10.9 Å². The van der Waals surface area contributed by atoms with Gasteiger partial charge in [-0.2, -0.15) is 8.42 Å². The number of carbonyl (C=O) groups excluding carboxylic acids is 7. The Morgan fingerprint density at radius 2 is 1.20 bits per heavy atom. The SMILES string of the molecule is CCCC[C@H](NC(=O)Cc1ccc(OS(=O)(=O)O)cc1)C(=O)NCC(=O)N[C@@H](Cc1c[nH]c2ccccc12)C(=O)N[C@@H](CCCC)C(=O)NC(=O)[C@H](Cc1ccccc1)NC(=O)[C@H](CC(=O)O)NC. The Balaban J connectivity index is 1.49. The van der Waals surface area contributed by atoms with Gasteiger partial charge in [0.25, 0.3) is 0 Å². The maximum Gasteiger partial charge on any atom is 0.446 e. The van der Waals surface area contributed by atoms with Crippen molar-refractivity contribution >= 4 is 68.6 Å². The first kappa shape index (κ1) is 54.4. The summed E-state index contributed by atoms with van der Waals surface area (Å²) in [6.07, 6.45) is 3.36. The Bertz CT molecular complexity index is 2520. The van der Waals surface area contributed by atoms with E-state index in [4.69, 9.17) is 4.55 Å². The minimum absolute atomic E-state index is 0.0588. The van der Waals surface area contributed by atoms with Crippen LogP contribution in [0.3, 0.4) is 0 Å². The molecule has 1 heterocycles. The molecule has 22 heteroatoms. The molecule has 21 nitrogen and oxygen atoms in total. The van der Waals surface area contributed by atoms with Crippen LogP contribution in [0.4, 0.5) is 0 Å². The number of amides is 7. The zero-order chi connectivity index (χ0) is 50.5. The molecule has 1 aromatic heterocycles. The monoisotopic (exact) mass is 976 g/mol. The number of imide groups is 1. The second kappa shape index (κ2) is 27.0. The number of aliphatic carboxylic acids is 1. The lowest BCUT2D eigenvalue weighted by molar-refractivity contribution is -0.140. The summed E-state index contributed by atoms with van der Waals surface area (Å²) < 4.78 is 35.3. The predicted octanol–water partition coefficient (Wildman–Crippen LogP) is 1.52. The maximum absolute atomic E-state index is 14.2. The summed E-state index contributed by atoms with van der Waals surface area (Å²) in [4.78, 5) is 110. The third-order valence-electron chi connectivity index (χ3n) is 10.8. The average Bonchev–Trinajstić information content (AvgIpc) is 3.72. The van der Waals surface area contributed by atoms with Gasteiger partial charge in [0.15, 0.2) is 0 Å². The first-order valence-electron chi connectivity index (χ1n) is 22.4. The van der Waals surface area contributed by atoms with E-state index in [1.54, 1.807) is 42.6 Å². The zero-order valence-corrected chi connectivity index (χ0v) is 39.4. The van der Waals surface area contributed by atoms with Crippen LogP contribution in [0.25, 0.3) is 10.9 Å². The Labute approximate surface area is 399 Å². The largest absolute Gasteiger partial charge is 0.481 e. The van der Waals surface area contributed by atoms with E-state index in [2.05, 4.69) is 46.4 Å². The molecular formula is C47H60N8O13S. The molecule has 7 amide bonds. The highest BCUT2D eigenvalue weighted by Crippen LogP contribution is 2.20. The number of fused-ring (bicyclic) bond motifs is 1. The minimum Gasteiger partial charge on any atom is -0.481 e. The van der Waals surface area contributed by atoms with Crippen LogP contribution in [-0.2, 0) is 68.0 Å². The molecule has 0 saturated heterocycles. The van der Waals surface area contributed by atoms with Crippen LogP contribution >= 0.6 is 0 Å². The number of H-pyrrole nitrogens is 1. The van der Waals surface area contributed by atoms with Gasteiger partial charge in [-0.25, -0.2) is 0 Å². The zero-order valence-electron chi connectivity index (χ0n) is 38.5. The van der Waals surface area contributed by atoms with Crippen molar-refractivity contribution in [2.45, 2.75) is 108 Å². The van der Waals surface area contributed by atoms with Crippen LogP contribution < -0.4 is 41.4 Å². The number of aromatic amines is 1. The molecule has 0 spiro atoms. The van der Waals surface area contributed by atoms with Gasteiger partial charge < -0.3 is 46.2 Å². The van der Waals surface area contributed by atoms with Crippen LogP contribution in [0.15, 0.2) is 85.1 Å². The van der Waals surface area contributed by atoms with Gasteiger partial charge in [-0.1, -0.05) is 100 Å². The van der Waals surface area contributed by atoms with Crippen molar-refractivity contribution in [2.24, 2.45) is 0 Å². The molecule has 372 valence electrons. The van der Waals surface area contributed by atoms with Crippen molar-refractivity contribution < 1.29 is 60.6 Å². The van der Waals surface area contributed by atoms with Crippen molar-refractivity contribution in [1.29, 1.82) is 0 Å². The smallest absolute Gasteiger partial charge is 0.446 e. The highest BCUT2D eigenvalue weighted by molar-refractivity contribution is 7.81. The molecule has 0 radical (unpaired) electrons. The van der Waals surface area contributed by atoms with Crippen molar-refractivity contribution in [2.75, 3.05) is 13.6 Å². The third-order valence-corrected chi connectivity index (χ3v) is 11.2. The van der Waals surface area contributed by atoms with Crippen LogP contribution in [0.2, 0.25) is 0 Å². The summed E-state index contributed by atoms with van der Waals surface area (Å²) in [6.45, 7) is 3.15. The van der Waals surface area contributed by atoms with E-state index < -0.39 is 101 Å². The summed E-state index contributed by atoms with van der Waals surface area (Å²) in [7, 11) is -3.35. The van der Waals surface area contributed by atoms with Gasteiger partial charge in [-0.05, 0) is 54.8 Å². The summed E-state index contributed by atoms with van der Waals surface area (Å²) >= 11 is 0. The number of rotatable bonds is 28. The number of carboxylic acid groups (broad SMARTS) is 1. The molecular weight excluding hydrogens is 917 g/mol. The third kappa shape index (κ3) is 18.4. The number of para-hydroxylation sites is 1. The van der Waals surface area contributed by atoms with Crippen LogP contribution in [0.1, 0.15) is 75.5 Å². The van der Waals surface area contributed by atoms with E-state index in [-0.39, 0.29) is 37.9 Å². The molecule has 4 aromatic rings. The number of aromatic nitrogens is 1. The number of hydrogen-bond donors (Lipinski definition) is 10.